The summed E-state index contributed by atoms with van der Waals surface area (Å²) in [5, 5.41) is 7.59. The Morgan fingerprint density at radius 1 is 1.08 bits per heavy atom. The van der Waals surface area contributed by atoms with Crippen LogP contribution in [-0.4, -0.2) is 43.0 Å². The number of hydrogen-bond acceptors (Lipinski definition) is 3. The molecule has 3 rings (SSSR count). The smallest absolute Gasteiger partial charge is 0.238 e. The Balaban J connectivity index is 1.44. The van der Waals surface area contributed by atoms with Crippen LogP contribution in [0.4, 0.5) is 5.69 Å². The van der Waals surface area contributed by atoms with Crippen molar-refractivity contribution < 1.29 is 4.79 Å². The maximum Gasteiger partial charge on any atom is 0.238 e. The molecule has 1 aromatic carbocycles. The number of anilines is 1. The van der Waals surface area contributed by atoms with Crippen LogP contribution in [0.15, 0.2) is 12.1 Å². The summed E-state index contributed by atoms with van der Waals surface area (Å²) in [4.78, 5) is 14.4. The predicted octanol–water partition coefficient (Wildman–Crippen LogP) is 4.05. The lowest BCUT2D eigenvalue weighted by molar-refractivity contribution is -0.117. The Morgan fingerprint density at radius 3 is 2.29 bits per heavy atom. The van der Waals surface area contributed by atoms with Crippen molar-refractivity contribution in [3.05, 3.63) is 27.2 Å². The number of carbonyl (C=O) groups is 1. The number of nitrogens with one attached hydrogen (secondary N) is 2. The molecule has 1 saturated carbocycles. The van der Waals surface area contributed by atoms with E-state index in [1.807, 2.05) is 0 Å². The fraction of sp³-hybridized carbons (Fsp3) is 0.588. The average Bonchev–Trinajstić information content (AvgIpc) is 3.34. The molecule has 0 aromatic heterocycles. The maximum atomic E-state index is 12.3. The highest BCUT2D eigenvalue weighted by Gasteiger charge is 2.25. The first-order valence-corrected chi connectivity index (χ1v) is 9.55. The van der Waals surface area contributed by atoms with E-state index in [2.05, 4.69) is 15.5 Å². The Morgan fingerprint density at radius 2 is 1.71 bits per heavy atom. The van der Waals surface area contributed by atoms with Crippen LogP contribution in [0, 0.1) is 5.92 Å². The highest BCUT2D eigenvalue weighted by molar-refractivity contribution is 6.42. The van der Waals surface area contributed by atoms with Crippen molar-refractivity contribution in [3.8, 4) is 0 Å². The molecule has 2 N–H and O–H groups in total. The van der Waals surface area contributed by atoms with E-state index in [1.54, 1.807) is 12.1 Å². The second-order valence-corrected chi connectivity index (χ2v) is 7.95. The fourth-order valence-corrected chi connectivity index (χ4v) is 3.91. The number of rotatable bonds is 6. The molecule has 1 heterocycles. The van der Waals surface area contributed by atoms with E-state index in [9.17, 15) is 4.79 Å². The number of halogens is 3. The third kappa shape index (κ3) is 5.24. The molecule has 2 aliphatic rings. The number of likely N-dealkylation sites (tertiary alicyclic amines) is 1. The van der Waals surface area contributed by atoms with E-state index in [-0.39, 0.29) is 5.91 Å². The van der Waals surface area contributed by atoms with E-state index in [0.29, 0.717) is 33.3 Å². The maximum absolute atomic E-state index is 12.3. The number of benzene rings is 1. The van der Waals surface area contributed by atoms with Gasteiger partial charge in [0.25, 0.3) is 0 Å². The summed E-state index contributed by atoms with van der Waals surface area (Å²) in [6.45, 7) is 3.36. The lowest BCUT2D eigenvalue weighted by Gasteiger charge is -2.32. The van der Waals surface area contributed by atoms with Crippen LogP contribution in [0.5, 0.6) is 0 Å². The molecule has 7 heteroatoms. The van der Waals surface area contributed by atoms with E-state index in [4.69, 9.17) is 34.8 Å². The van der Waals surface area contributed by atoms with Gasteiger partial charge in [-0.2, -0.15) is 0 Å². The Kier molecular flexibility index (Phi) is 6.27. The van der Waals surface area contributed by atoms with Crippen LogP contribution in [-0.2, 0) is 4.79 Å². The molecule has 1 aliphatic carbocycles. The van der Waals surface area contributed by atoms with Gasteiger partial charge >= 0.3 is 0 Å². The van der Waals surface area contributed by atoms with Gasteiger partial charge in [0, 0.05) is 24.2 Å². The molecule has 0 unspecified atom stereocenters. The van der Waals surface area contributed by atoms with Crippen LogP contribution in [0.2, 0.25) is 15.1 Å². The first kappa shape index (κ1) is 18.3. The summed E-state index contributed by atoms with van der Waals surface area (Å²) >= 11 is 18.1. The monoisotopic (exact) mass is 389 g/mol. The fourth-order valence-electron chi connectivity index (χ4n) is 2.99. The van der Waals surface area contributed by atoms with Crippen molar-refractivity contribution in [2.24, 2.45) is 5.92 Å². The SMILES string of the molecule is O=C(CN1CCC(NCC2CC2)CC1)Nc1c(Cl)cc(Cl)cc1Cl. The zero-order valence-electron chi connectivity index (χ0n) is 13.5. The molecule has 24 heavy (non-hydrogen) atoms. The van der Waals surface area contributed by atoms with Crippen molar-refractivity contribution in [2.75, 3.05) is 31.5 Å². The molecule has 0 bridgehead atoms. The largest absolute Gasteiger partial charge is 0.322 e. The molecule has 1 aromatic rings. The van der Waals surface area contributed by atoms with Gasteiger partial charge in [-0.3, -0.25) is 9.69 Å². The summed E-state index contributed by atoms with van der Waals surface area (Å²) in [6, 6.07) is 3.73. The van der Waals surface area contributed by atoms with Crippen LogP contribution in [0.1, 0.15) is 25.7 Å². The third-order valence-electron chi connectivity index (χ3n) is 4.62. The number of nitrogens with zero attached hydrogens (tertiary/aromatic N) is 1. The summed E-state index contributed by atoms with van der Waals surface area (Å²) in [6.07, 6.45) is 4.93. The number of hydrogen-bond donors (Lipinski definition) is 2. The minimum absolute atomic E-state index is 0.106. The highest BCUT2D eigenvalue weighted by atomic mass is 35.5. The summed E-state index contributed by atoms with van der Waals surface area (Å²) < 4.78 is 0. The molecule has 1 saturated heterocycles. The zero-order chi connectivity index (χ0) is 17.1. The van der Waals surface area contributed by atoms with Crippen LogP contribution >= 0.6 is 34.8 Å². The van der Waals surface area contributed by atoms with Crippen molar-refractivity contribution >= 4 is 46.4 Å². The van der Waals surface area contributed by atoms with Crippen molar-refractivity contribution in [1.29, 1.82) is 0 Å². The molecule has 132 valence electrons. The second-order valence-electron chi connectivity index (χ2n) is 6.69. The lowest BCUT2D eigenvalue weighted by Crippen LogP contribution is -2.45. The van der Waals surface area contributed by atoms with Crippen LogP contribution in [0.25, 0.3) is 0 Å². The highest BCUT2D eigenvalue weighted by Crippen LogP contribution is 2.33. The van der Waals surface area contributed by atoms with Gasteiger partial charge in [-0.05, 0) is 50.3 Å². The Hall–Kier alpha value is -0.520. The molecule has 1 aliphatic heterocycles. The van der Waals surface area contributed by atoms with Gasteiger partial charge in [-0.1, -0.05) is 34.8 Å². The van der Waals surface area contributed by atoms with Gasteiger partial charge in [-0.15, -0.1) is 0 Å². The molecular formula is C17H22Cl3N3O. The van der Waals surface area contributed by atoms with E-state index >= 15 is 0 Å². The minimum atomic E-state index is -0.106. The van der Waals surface area contributed by atoms with Crippen molar-refractivity contribution in [2.45, 2.75) is 31.7 Å². The van der Waals surface area contributed by atoms with Crippen molar-refractivity contribution in [3.63, 3.8) is 0 Å². The molecule has 2 fully saturated rings. The van der Waals surface area contributed by atoms with Gasteiger partial charge in [0.2, 0.25) is 5.91 Å². The minimum Gasteiger partial charge on any atom is -0.322 e. The van der Waals surface area contributed by atoms with Gasteiger partial charge < -0.3 is 10.6 Å². The van der Waals surface area contributed by atoms with E-state index in [0.717, 1.165) is 38.4 Å². The first-order chi connectivity index (χ1) is 11.5. The standard InChI is InChI=1S/C17H22Cl3N3O/c18-12-7-14(19)17(15(20)8-12)22-16(24)10-23-5-3-13(4-6-23)21-9-11-1-2-11/h7-8,11,13,21H,1-6,9-10H2,(H,22,24). The number of carbonyl (C=O) groups excluding carboxylic acids is 1. The lowest BCUT2D eigenvalue weighted by atomic mass is 10.0. The molecule has 4 nitrogen and oxygen atoms in total. The summed E-state index contributed by atoms with van der Waals surface area (Å²) in [5.74, 6) is 0.799. The zero-order valence-corrected chi connectivity index (χ0v) is 15.7. The average molecular weight is 391 g/mol. The van der Waals surface area contributed by atoms with Crippen LogP contribution < -0.4 is 10.6 Å². The van der Waals surface area contributed by atoms with Crippen LogP contribution in [0.3, 0.4) is 0 Å². The van der Waals surface area contributed by atoms with Gasteiger partial charge in [0.15, 0.2) is 0 Å². The normalized spacial score (nSPS) is 19.5. The number of piperidine rings is 1. The van der Waals surface area contributed by atoms with Gasteiger partial charge in [-0.25, -0.2) is 0 Å². The summed E-state index contributed by atoms with van der Waals surface area (Å²) in [7, 11) is 0. The topological polar surface area (TPSA) is 44.4 Å². The Labute approximate surface area is 157 Å². The molecule has 1 amide bonds. The summed E-state index contributed by atoms with van der Waals surface area (Å²) in [5.41, 5.74) is 0.425. The Bertz CT molecular complexity index is 576. The predicted molar refractivity (Wildman–Crippen MR) is 100 cm³/mol. The van der Waals surface area contributed by atoms with E-state index < -0.39 is 0 Å². The first-order valence-electron chi connectivity index (χ1n) is 8.41. The third-order valence-corrected chi connectivity index (χ3v) is 5.43. The number of amides is 1. The van der Waals surface area contributed by atoms with Gasteiger partial charge in [0.05, 0.1) is 22.3 Å². The quantitative estimate of drug-likeness (QED) is 0.770. The van der Waals surface area contributed by atoms with E-state index in [1.165, 1.54) is 12.8 Å². The molecule has 0 radical (unpaired) electrons. The van der Waals surface area contributed by atoms with Crippen molar-refractivity contribution in [1.82, 2.24) is 10.2 Å². The second kappa shape index (κ2) is 8.24. The van der Waals surface area contributed by atoms with Gasteiger partial charge in [0.1, 0.15) is 0 Å². The molecule has 0 spiro atoms. The molecule has 0 atom stereocenters. The molecular weight excluding hydrogens is 369 g/mol.